The monoisotopic (exact) mass is 386 g/mol. The number of aryl methyl sites for hydroxylation is 1. The molecule has 30 heavy (non-hydrogen) atoms. The van der Waals surface area contributed by atoms with Gasteiger partial charge in [0.25, 0.3) is 0 Å². The van der Waals surface area contributed by atoms with E-state index in [1.807, 2.05) is 6.07 Å². The lowest BCUT2D eigenvalue weighted by Gasteiger charge is -2.04. The van der Waals surface area contributed by atoms with E-state index in [2.05, 4.69) is 99.7 Å². The topological polar surface area (TPSA) is 38.0 Å². The lowest BCUT2D eigenvalue weighted by molar-refractivity contribution is 1.11. The number of aromatic nitrogens is 4. The van der Waals surface area contributed by atoms with E-state index < -0.39 is 0 Å². The number of fused-ring (bicyclic) bond motifs is 9. The van der Waals surface area contributed by atoms with E-state index in [1.54, 1.807) is 0 Å². The Balaban J connectivity index is 1.70. The van der Waals surface area contributed by atoms with Gasteiger partial charge in [0.1, 0.15) is 5.52 Å². The maximum Gasteiger partial charge on any atom is 0.220 e. The molecular formula is C26H18N4. The van der Waals surface area contributed by atoms with Gasteiger partial charge in [-0.25, -0.2) is 4.98 Å². The van der Waals surface area contributed by atoms with Crippen LogP contribution in [0.4, 0.5) is 0 Å². The zero-order valence-electron chi connectivity index (χ0n) is 16.4. The van der Waals surface area contributed by atoms with Crippen LogP contribution in [0.2, 0.25) is 0 Å². The number of rotatable bonds is 1. The molecule has 142 valence electrons. The molecule has 0 saturated heterocycles. The largest absolute Gasteiger partial charge is 0.353 e. The Hall–Kier alpha value is -4.05. The second-order valence-electron chi connectivity index (χ2n) is 7.94. The molecule has 4 heteroatoms. The van der Waals surface area contributed by atoms with Crippen molar-refractivity contribution in [3.63, 3.8) is 0 Å². The highest BCUT2D eigenvalue weighted by molar-refractivity contribution is 6.16. The zero-order chi connectivity index (χ0) is 19.8. The van der Waals surface area contributed by atoms with Crippen LogP contribution >= 0.6 is 0 Å². The molecule has 0 aliphatic rings. The van der Waals surface area contributed by atoms with Crippen LogP contribution in [-0.2, 0) is 0 Å². The lowest BCUT2D eigenvalue weighted by Crippen LogP contribution is -1.94. The van der Waals surface area contributed by atoms with Crippen molar-refractivity contribution in [3.8, 4) is 5.69 Å². The molecule has 4 nitrogen and oxygen atoms in total. The number of H-pyrrole nitrogens is 1. The van der Waals surface area contributed by atoms with Crippen molar-refractivity contribution < 1.29 is 0 Å². The van der Waals surface area contributed by atoms with Crippen molar-refractivity contribution in [2.24, 2.45) is 0 Å². The molecule has 0 fully saturated rings. The molecule has 0 aliphatic carbocycles. The van der Waals surface area contributed by atoms with Gasteiger partial charge in [-0.1, -0.05) is 42.5 Å². The minimum absolute atomic E-state index is 0.930. The first kappa shape index (κ1) is 15.8. The van der Waals surface area contributed by atoms with Crippen molar-refractivity contribution in [3.05, 3.63) is 90.5 Å². The van der Waals surface area contributed by atoms with Gasteiger partial charge >= 0.3 is 0 Å². The molecule has 0 saturated carbocycles. The number of nitrogens with zero attached hydrogens (tertiary/aromatic N) is 3. The predicted molar refractivity (Wildman–Crippen MR) is 124 cm³/mol. The van der Waals surface area contributed by atoms with E-state index in [9.17, 15) is 0 Å². The fraction of sp³-hybridized carbons (Fsp3) is 0.0385. The molecule has 3 aromatic heterocycles. The summed E-state index contributed by atoms with van der Waals surface area (Å²) in [7, 11) is 0. The minimum atomic E-state index is 0.930. The van der Waals surface area contributed by atoms with E-state index >= 15 is 0 Å². The Morgan fingerprint density at radius 1 is 0.733 bits per heavy atom. The number of imidazole rings is 2. The van der Waals surface area contributed by atoms with Gasteiger partial charge in [-0.05, 0) is 55.0 Å². The van der Waals surface area contributed by atoms with Gasteiger partial charge in [-0.3, -0.25) is 8.97 Å². The smallest absolute Gasteiger partial charge is 0.220 e. The molecule has 0 bridgehead atoms. The fourth-order valence-corrected chi connectivity index (χ4v) is 4.78. The van der Waals surface area contributed by atoms with Gasteiger partial charge in [0.05, 0.1) is 22.1 Å². The third-order valence-electron chi connectivity index (χ3n) is 6.11. The third kappa shape index (κ3) is 1.93. The summed E-state index contributed by atoms with van der Waals surface area (Å²) in [4.78, 5) is 8.80. The Morgan fingerprint density at radius 3 is 2.37 bits per heavy atom. The van der Waals surface area contributed by atoms with Gasteiger partial charge < -0.3 is 4.98 Å². The second kappa shape index (κ2) is 5.51. The van der Waals surface area contributed by atoms with Gasteiger partial charge in [0.2, 0.25) is 5.78 Å². The number of hydrogen-bond acceptors (Lipinski definition) is 1. The molecule has 0 aliphatic heterocycles. The highest BCUT2D eigenvalue weighted by Gasteiger charge is 2.19. The van der Waals surface area contributed by atoms with Crippen molar-refractivity contribution in [1.82, 2.24) is 18.9 Å². The van der Waals surface area contributed by atoms with E-state index in [-0.39, 0.29) is 0 Å². The molecule has 0 atom stereocenters. The van der Waals surface area contributed by atoms with Crippen molar-refractivity contribution in [2.45, 2.75) is 6.92 Å². The maximum absolute atomic E-state index is 5.17. The van der Waals surface area contributed by atoms with Crippen molar-refractivity contribution in [2.75, 3.05) is 0 Å². The van der Waals surface area contributed by atoms with Crippen LogP contribution < -0.4 is 0 Å². The van der Waals surface area contributed by atoms with Crippen LogP contribution in [0.1, 0.15) is 5.56 Å². The average Bonchev–Trinajstić information content (AvgIpc) is 3.42. The molecule has 0 amide bonds. The molecular weight excluding hydrogens is 368 g/mol. The summed E-state index contributed by atoms with van der Waals surface area (Å²) in [5, 5.41) is 2.46. The standard InChI is InChI=1S/C26H18N4/c1-16-11-12-18-19-13-14-23-25(24(19)27-20(18)15-16)28-26-29(17-7-3-2-4-8-17)21-9-5-6-10-22(21)30(23)26/h2-15,27H,1H3. The summed E-state index contributed by atoms with van der Waals surface area (Å²) >= 11 is 0. The van der Waals surface area contributed by atoms with E-state index in [1.165, 1.54) is 16.3 Å². The quantitative estimate of drug-likeness (QED) is 0.349. The Bertz CT molecular complexity index is 1750. The molecule has 0 spiro atoms. The molecule has 3 heterocycles. The molecule has 0 radical (unpaired) electrons. The Kier molecular flexibility index (Phi) is 2.91. The number of benzene rings is 4. The van der Waals surface area contributed by atoms with Gasteiger partial charge in [-0.15, -0.1) is 0 Å². The average molecular weight is 386 g/mol. The number of hydrogen-bond donors (Lipinski definition) is 1. The molecule has 0 unspecified atom stereocenters. The molecule has 7 rings (SSSR count). The van der Waals surface area contributed by atoms with E-state index in [0.29, 0.717) is 0 Å². The summed E-state index contributed by atoms with van der Waals surface area (Å²) in [5.41, 5.74) is 9.06. The Labute approximate surface area is 172 Å². The van der Waals surface area contributed by atoms with Gasteiger partial charge in [0, 0.05) is 22.0 Å². The normalized spacial score (nSPS) is 12.2. The van der Waals surface area contributed by atoms with E-state index in [0.717, 1.165) is 44.6 Å². The Morgan fingerprint density at radius 2 is 1.50 bits per heavy atom. The summed E-state index contributed by atoms with van der Waals surface area (Å²) in [6.07, 6.45) is 0. The zero-order valence-corrected chi connectivity index (χ0v) is 16.4. The van der Waals surface area contributed by atoms with Crippen LogP contribution in [0.5, 0.6) is 0 Å². The molecule has 4 aromatic carbocycles. The van der Waals surface area contributed by atoms with Gasteiger partial charge in [-0.2, -0.15) is 0 Å². The van der Waals surface area contributed by atoms with E-state index in [4.69, 9.17) is 4.98 Å². The first-order valence-electron chi connectivity index (χ1n) is 10.2. The first-order chi connectivity index (χ1) is 14.8. The summed E-state index contributed by atoms with van der Waals surface area (Å²) < 4.78 is 4.52. The minimum Gasteiger partial charge on any atom is -0.353 e. The number of nitrogens with one attached hydrogen (secondary N) is 1. The maximum atomic E-state index is 5.17. The van der Waals surface area contributed by atoms with Crippen molar-refractivity contribution >= 4 is 49.7 Å². The number of para-hydroxylation sites is 3. The summed E-state index contributed by atoms with van der Waals surface area (Å²) in [5.74, 6) is 0.930. The van der Waals surface area contributed by atoms with Gasteiger partial charge in [0.15, 0.2) is 0 Å². The van der Waals surface area contributed by atoms with Crippen LogP contribution in [0.3, 0.4) is 0 Å². The van der Waals surface area contributed by atoms with Crippen LogP contribution in [0.25, 0.3) is 55.3 Å². The molecule has 7 aromatic rings. The number of aromatic amines is 1. The summed E-state index contributed by atoms with van der Waals surface area (Å²) in [6, 6.07) is 29.9. The van der Waals surface area contributed by atoms with Crippen LogP contribution in [0, 0.1) is 6.92 Å². The fourth-order valence-electron chi connectivity index (χ4n) is 4.78. The summed E-state index contributed by atoms with van der Waals surface area (Å²) in [6.45, 7) is 2.13. The second-order valence-corrected chi connectivity index (χ2v) is 7.94. The lowest BCUT2D eigenvalue weighted by atomic mass is 10.1. The van der Waals surface area contributed by atoms with Crippen molar-refractivity contribution in [1.29, 1.82) is 0 Å². The highest BCUT2D eigenvalue weighted by Crippen LogP contribution is 2.35. The predicted octanol–water partition coefficient (Wildman–Crippen LogP) is 6.37. The first-order valence-corrected chi connectivity index (χ1v) is 10.2. The third-order valence-corrected chi connectivity index (χ3v) is 6.11. The SMILES string of the molecule is Cc1ccc2c(c1)[nH]c1c2ccc2c1nc1n(-c3ccccc3)c3ccccc3n21. The van der Waals surface area contributed by atoms with Crippen LogP contribution in [-0.4, -0.2) is 18.9 Å². The highest BCUT2D eigenvalue weighted by atomic mass is 15.2. The molecule has 1 N–H and O–H groups in total. The van der Waals surface area contributed by atoms with Crippen LogP contribution in [0.15, 0.2) is 84.9 Å².